The fraction of sp³-hybridized carbons (Fsp3) is 0.412. The standard InChI is InChI=1S/C17H22N2/c1-11(2)6-7-12(3)17-15-8-13(4)14(5)9-16(15)18-10-19-17/h8-11H,3,6-7H2,1-2,4-5H3. The van der Waals surface area contributed by atoms with Gasteiger partial charge in [-0.05, 0) is 61.4 Å². The van der Waals surface area contributed by atoms with Gasteiger partial charge >= 0.3 is 0 Å². The van der Waals surface area contributed by atoms with Gasteiger partial charge in [0.05, 0.1) is 11.2 Å². The molecule has 0 N–H and O–H groups in total. The molecule has 0 saturated carbocycles. The maximum atomic E-state index is 4.44. The summed E-state index contributed by atoms with van der Waals surface area (Å²) in [6.45, 7) is 12.9. The summed E-state index contributed by atoms with van der Waals surface area (Å²) in [7, 11) is 0. The second-order valence-electron chi connectivity index (χ2n) is 5.71. The molecule has 0 saturated heterocycles. The Morgan fingerprint density at radius 1 is 1.16 bits per heavy atom. The lowest BCUT2D eigenvalue weighted by Gasteiger charge is -2.11. The van der Waals surface area contributed by atoms with Crippen molar-refractivity contribution in [3.05, 3.63) is 41.9 Å². The van der Waals surface area contributed by atoms with Gasteiger partial charge in [-0.2, -0.15) is 0 Å². The summed E-state index contributed by atoms with van der Waals surface area (Å²) in [6.07, 6.45) is 3.79. The molecule has 0 radical (unpaired) electrons. The van der Waals surface area contributed by atoms with Crippen LogP contribution in [0.25, 0.3) is 16.5 Å². The number of rotatable bonds is 4. The number of hydrogen-bond acceptors (Lipinski definition) is 2. The minimum Gasteiger partial charge on any atom is -0.236 e. The quantitative estimate of drug-likeness (QED) is 0.790. The van der Waals surface area contributed by atoms with Gasteiger partial charge in [0.15, 0.2) is 0 Å². The highest BCUT2D eigenvalue weighted by atomic mass is 14.8. The summed E-state index contributed by atoms with van der Waals surface area (Å²) in [5.41, 5.74) is 5.68. The molecule has 2 nitrogen and oxygen atoms in total. The SMILES string of the molecule is C=C(CCC(C)C)c1ncnc2cc(C)c(C)cc12. The zero-order valence-electron chi connectivity index (χ0n) is 12.3. The number of nitrogens with zero attached hydrogens (tertiary/aromatic N) is 2. The molecule has 0 aliphatic rings. The Hall–Kier alpha value is -1.70. The maximum Gasteiger partial charge on any atom is 0.116 e. The normalized spacial score (nSPS) is 11.2. The molecule has 0 spiro atoms. The van der Waals surface area contributed by atoms with Crippen LogP contribution in [0.4, 0.5) is 0 Å². The van der Waals surface area contributed by atoms with E-state index in [2.05, 4.69) is 56.4 Å². The van der Waals surface area contributed by atoms with Crippen LogP contribution in [-0.4, -0.2) is 9.97 Å². The van der Waals surface area contributed by atoms with Crippen molar-refractivity contribution in [2.75, 3.05) is 0 Å². The maximum absolute atomic E-state index is 4.44. The van der Waals surface area contributed by atoms with Gasteiger partial charge in [-0.25, -0.2) is 9.97 Å². The van der Waals surface area contributed by atoms with Crippen LogP contribution in [0.3, 0.4) is 0 Å². The summed E-state index contributed by atoms with van der Waals surface area (Å²) in [4.78, 5) is 8.81. The summed E-state index contributed by atoms with van der Waals surface area (Å²) in [5.74, 6) is 0.689. The highest BCUT2D eigenvalue weighted by Gasteiger charge is 2.09. The summed E-state index contributed by atoms with van der Waals surface area (Å²) in [6, 6.07) is 4.31. The van der Waals surface area contributed by atoms with Crippen LogP contribution in [0.15, 0.2) is 25.0 Å². The van der Waals surface area contributed by atoms with Crippen molar-refractivity contribution in [2.24, 2.45) is 5.92 Å². The monoisotopic (exact) mass is 254 g/mol. The molecule has 1 aromatic carbocycles. The van der Waals surface area contributed by atoms with E-state index in [4.69, 9.17) is 0 Å². The van der Waals surface area contributed by atoms with Gasteiger partial charge in [0.1, 0.15) is 6.33 Å². The lowest BCUT2D eigenvalue weighted by atomic mass is 9.98. The van der Waals surface area contributed by atoms with Gasteiger partial charge in [-0.3, -0.25) is 0 Å². The van der Waals surface area contributed by atoms with Crippen molar-refractivity contribution < 1.29 is 0 Å². The van der Waals surface area contributed by atoms with Crippen LogP contribution >= 0.6 is 0 Å². The van der Waals surface area contributed by atoms with Crippen LogP contribution < -0.4 is 0 Å². The third kappa shape index (κ3) is 3.01. The van der Waals surface area contributed by atoms with Crippen molar-refractivity contribution >= 4 is 16.5 Å². The smallest absolute Gasteiger partial charge is 0.116 e. The molecule has 100 valence electrons. The van der Waals surface area contributed by atoms with Crippen LogP contribution in [0.1, 0.15) is 43.5 Å². The number of allylic oxidation sites excluding steroid dienone is 1. The molecular formula is C17H22N2. The molecule has 19 heavy (non-hydrogen) atoms. The van der Waals surface area contributed by atoms with E-state index in [0.29, 0.717) is 5.92 Å². The second kappa shape index (κ2) is 5.52. The average Bonchev–Trinajstić information content (AvgIpc) is 2.36. The Morgan fingerprint density at radius 2 is 1.84 bits per heavy atom. The van der Waals surface area contributed by atoms with E-state index in [1.807, 2.05) is 0 Å². The number of hydrogen-bond donors (Lipinski definition) is 0. The largest absolute Gasteiger partial charge is 0.236 e. The first-order valence-electron chi connectivity index (χ1n) is 6.89. The van der Waals surface area contributed by atoms with Gasteiger partial charge < -0.3 is 0 Å². The Morgan fingerprint density at radius 3 is 2.53 bits per heavy atom. The summed E-state index contributed by atoms with van der Waals surface area (Å²) < 4.78 is 0. The third-order valence-corrected chi connectivity index (χ3v) is 3.61. The molecule has 1 aromatic heterocycles. The number of benzene rings is 1. The first kappa shape index (κ1) is 13.7. The Kier molecular flexibility index (Phi) is 3.98. The van der Waals surface area contributed by atoms with Crippen molar-refractivity contribution in [2.45, 2.75) is 40.5 Å². The zero-order valence-corrected chi connectivity index (χ0v) is 12.3. The van der Waals surface area contributed by atoms with Crippen LogP contribution in [0.5, 0.6) is 0 Å². The molecule has 0 aliphatic carbocycles. The van der Waals surface area contributed by atoms with Crippen LogP contribution in [0, 0.1) is 19.8 Å². The molecule has 0 fully saturated rings. The molecular weight excluding hydrogens is 232 g/mol. The summed E-state index contributed by atoms with van der Waals surface area (Å²) in [5, 5.41) is 1.12. The van der Waals surface area contributed by atoms with E-state index in [-0.39, 0.29) is 0 Å². The van der Waals surface area contributed by atoms with E-state index in [9.17, 15) is 0 Å². The predicted molar refractivity (Wildman–Crippen MR) is 82.1 cm³/mol. The first-order valence-corrected chi connectivity index (χ1v) is 6.89. The van der Waals surface area contributed by atoms with Gasteiger partial charge in [0.25, 0.3) is 0 Å². The van der Waals surface area contributed by atoms with E-state index in [0.717, 1.165) is 35.0 Å². The molecule has 0 aliphatic heterocycles. The molecule has 0 bridgehead atoms. The Balaban J connectivity index is 2.43. The first-order chi connectivity index (χ1) is 8.99. The second-order valence-corrected chi connectivity index (χ2v) is 5.71. The van der Waals surface area contributed by atoms with Crippen molar-refractivity contribution in [1.82, 2.24) is 9.97 Å². The third-order valence-electron chi connectivity index (χ3n) is 3.61. The number of aromatic nitrogens is 2. The topological polar surface area (TPSA) is 25.8 Å². The lowest BCUT2D eigenvalue weighted by molar-refractivity contribution is 0.599. The van der Waals surface area contributed by atoms with Gasteiger partial charge in [-0.15, -0.1) is 0 Å². The van der Waals surface area contributed by atoms with E-state index < -0.39 is 0 Å². The minimum atomic E-state index is 0.689. The van der Waals surface area contributed by atoms with E-state index >= 15 is 0 Å². The summed E-state index contributed by atoms with van der Waals surface area (Å²) >= 11 is 0. The predicted octanol–water partition coefficient (Wildman–Crippen LogP) is 4.70. The number of fused-ring (bicyclic) bond motifs is 1. The van der Waals surface area contributed by atoms with Gasteiger partial charge in [-0.1, -0.05) is 20.4 Å². The molecule has 0 atom stereocenters. The van der Waals surface area contributed by atoms with E-state index in [1.54, 1.807) is 6.33 Å². The fourth-order valence-electron chi connectivity index (χ4n) is 2.18. The average molecular weight is 254 g/mol. The Bertz CT molecular complexity index is 612. The molecule has 0 unspecified atom stereocenters. The van der Waals surface area contributed by atoms with Gasteiger partial charge in [0.2, 0.25) is 0 Å². The van der Waals surface area contributed by atoms with Crippen molar-refractivity contribution in [1.29, 1.82) is 0 Å². The van der Waals surface area contributed by atoms with E-state index in [1.165, 1.54) is 11.1 Å². The zero-order chi connectivity index (χ0) is 14.0. The molecule has 2 rings (SSSR count). The van der Waals surface area contributed by atoms with Crippen LogP contribution in [-0.2, 0) is 0 Å². The number of aryl methyl sites for hydroxylation is 2. The van der Waals surface area contributed by atoms with Crippen molar-refractivity contribution in [3.63, 3.8) is 0 Å². The van der Waals surface area contributed by atoms with Crippen LogP contribution in [0.2, 0.25) is 0 Å². The molecule has 0 amide bonds. The highest BCUT2D eigenvalue weighted by Crippen LogP contribution is 2.26. The Labute approximate surface area is 115 Å². The highest BCUT2D eigenvalue weighted by molar-refractivity contribution is 5.90. The molecule has 1 heterocycles. The fourth-order valence-corrected chi connectivity index (χ4v) is 2.18. The molecule has 2 heteroatoms. The minimum absolute atomic E-state index is 0.689. The van der Waals surface area contributed by atoms with Gasteiger partial charge in [0, 0.05) is 5.39 Å². The molecule has 2 aromatic rings. The van der Waals surface area contributed by atoms with Crippen molar-refractivity contribution in [3.8, 4) is 0 Å². The lowest BCUT2D eigenvalue weighted by Crippen LogP contribution is -1.96.